The van der Waals surface area contributed by atoms with Gasteiger partial charge < -0.3 is 10.2 Å². The summed E-state index contributed by atoms with van der Waals surface area (Å²) in [6.07, 6.45) is 2.97. The molecule has 0 bridgehead atoms. The van der Waals surface area contributed by atoms with Crippen LogP contribution in [0.15, 0.2) is 30.3 Å². The van der Waals surface area contributed by atoms with Gasteiger partial charge in [-0.3, -0.25) is 4.90 Å². The SMILES string of the molecule is OC[C@@H]1CC[C@H](CO)N1CCc1ccccc1. The van der Waals surface area contributed by atoms with Crippen molar-refractivity contribution in [1.82, 2.24) is 4.90 Å². The number of rotatable bonds is 5. The fourth-order valence-corrected chi connectivity index (χ4v) is 2.67. The predicted octanol–water partition coefficient (Wildman–Crippen LogP) is 1.05. The molecule has 0 spiro atoms. The Kier molecular flexibility index (Phi) is 4.54. The highest BCUT2D eigenvalue weighted by Gasteiger charge is 2.31. The molecule has 3 heteroatoms. The lowest BCUT2D eigenvalue weighted by Crippen LogP contribution is -2.41. The molecule has 0 aromatic heterocycles. The Morgan fingerprint density at radius 1 is 1.00 bits per heavy atom. The van der Waals surface area contributed by atoms with Gasteiger partial charge >= 0.3 is 0 Å². The highest BCUT2D eigenvalue weighted by atomic mass is 16.3. The molecule has 1 aromatic rings. The number of nitrogens with zero attached hydrogens (tertiary/aromatic N) is 1. The van der Waals surface area contributed by atoms with E-state index in [4.69, 9.17) is 0 Å². The molecule has 94 valence electrons. The van der Waals surface area contributed by atoms with Crippen LogP contribution in [-0.4, -0.2) is 47.0 Å². The van der Waals surface area contributed by atoms with E-state index in [2.05, 4.69) is 17.0 Å². The third kappa shape index (κ3) is 3.06. The van der Waals surface area contributed by atoms with Crippen LogP contribution in [0.5, 0.6) is 0 Å². The van der Waals surface area contributed by atoms with Crippen LogP contribution < -0.4 is 0 Å². The van der Waals surface area contributed by atoms with E-state index in [1.54, 1.807) is 0 Å². The molecule has 1 heterocycles. The molecule has 2 rings (SSSR count). The van der Waals surface area contributed by atoms with Gasteiger partial charge in [-0.05, 0) is 24.8 Å². The Labute approximate surface area is 103 Å². The number of aliphatic hydroxyl groups excluding tert-OH is 2. The molecular weight excluding hydrogens is 214 g/mol. The Bertz CT molecular complexity index is 316. The monoisotopic (exact) mass is 235 g/mol. The van der Waals surface area contributed by atoms with Gasteiger partial charge in [-0.2, -0.15) is 0 Å². The normalized spacial score (nSPS) is 25.3. The van der Waals surface area contributed by atoms with Crippen molar-refractivity contribution in [1.29, 1.82) is 0 Å². The van der Waals surface area contributed by atoms with Crippen LogP contribution in [0.2, 0.25) is 0 Å². The van der Waals surface area contributed by atoms with Crippen LogP contribution in [0, 0.1) is 0 Å². The maximum Gasteiger partial charge on any atom is 0.0587 e. The smallest absolute Gasteiger partial charge is 0.0587 e. The standard InChI is InChI=1S/C14H21NO2/c16-10-13-6-7-14(11-17)15(13)9-8-12-4-2-1-3-5-12/h1-5,13-14,16-17H,6-11H2/t13-,14+. The molecule has 1 aliphatic heterocycles. The summed E-state index contributed by atoms with van der Waals surface area (Å²) in [6.45, 7) is 1.32. The van der Waals surface area contributed by atoms with E-state index >= 15 is 0 Å². The lowest BCUT2D eigenvalue weighted by molar-refractivity contribution is 0.0975. The van der Waals surface area contributed by atoms with Crippen molar-refractivity contribution >= 4 is 0 Å². The summed E-state index contributed by atoms with van der Waals surface area (Å²) in [6, 6.07) is 10.8. The summed E-state index contributed by atoms with van der Waals surface area (Å²) >= 11 is 0. The quantitative estimate of drug-likeness (QED) is 0.801. The van der Waals surface area contributed by atoms with Crippen molar-refractivity contribution in [2.75, 3.05) is 19.8 Å². The minimum Gasteiger partial charge on any atom is -0.395 e. The van der Waals surface area contributed by atoms with Gasteiger partial charge in [-0.25, -0.2) is 0 Å². The summed E-state index contributed by atoms with van der Waals surface area (Å²) in [5, 5.41) is 18.6. The topological polar surface area (TPSA) is 43.7 Å². The van der Waals surface area contributed by atoms with Crippen LogP contribution >= 0.6 is 0 Å². The second-order valence-electron chi connectivity index (χ2n) is 4.72. The van der Waals surface area contributed by atoms with Crippen molar-refractivity contribution in [3.05, 3.63) is 35.9 Å². The van der Waals surface area contributed by atoms with Crippen LogP contribution in [0.4, 0.5) is 0 Å². The highest BCUT2D eigenvalue weighted by molar-refractivity contribution is 5.15. The van der Waals surface area contributed by atoms with E-state index in [1.165, 1.54) is 5.56 Å². The minimum atomic E-state index is 0.200. The van der Waals surface area contributed by atoms with Crippen molar-refractivity contribution < 1.29 is 10.2 Å². The minimum absolute atomic E-state index is 0.200. The second-order valence-corrected chi connectivity index (χ2v) is 4.72. The van der Waals surface area contributed by atoms with Crippen molar-refractivity contribution in [2.45, 2.75) is 31.3 Å². The Morgan fingerprint density at radius 2 is 1.59 bits per heavy atom. The number of hydrogen-bond acceptors (Lipinski definition) is 3. The number of benzene rings is 1. The second kappa shape index (κ2) is 6.15. The maximum absolute atomic E-state index is 9.32. The van der Waals surface area contributed by atoms with Gasteiger partial charge in [0.05, 0.1) is 13.2 Å². The van der Waals surface area contributed by atoms with Gasteiger partial charge in [-0.1, -0.05) is 30.3 Å². The predicted molar refractivity (Wildman–Crippen MR) is 67.8 cm³/mol. The molecule has 1 saturated heterocycles. The largest absolute Gasteiger partial charge is 0.395 e. The van der Waals surface area contributed by atoms with Gasteiger partial charge in [-0.15, -0.1) is 0 Å². The number of hydrogen-bond donors (Lipinski definition) is 2. The fraction of sp³-hybridized carbons (Fsp3) is 0.571. The molecule has 1 aromatic carbocycles. The zero-order chi connectivity index (χ0) is 12.1. The summed E-state index contributed by atoms with van der Waals surface area (Å²) in [5.41, 5.74) is 1.31. The van der Waals surface area contributed by atoms with Crippen molar-refractivity contribution in [3.63, 3.8) is 0 Å². The number of aliphatic hydroxyl groups is 2. The Hall–Kier alpha value is -0.900. The van der Waals surface area contributed by atoms with Crippen LogP contribution in [0.25, 0.3) is 0 Å². The Balaban J connectivity index is 1.92. The average Bonchev–Trinajstić information content (AvgIpc) is 2.79. The van der Waals surface area contributed by atoms with E-state index in [-0.39, 0.29) is 25.3 Å². The zero-order valence-corrected chi connectivity index (χ0v) is 10.1. The van der Waals surface area contributed by atoms with E-state index in [1.807, 2.05) is 18.2 Å². The molecule has 1 aliphatic rings. The van der Waals surface area contributed by atoms with E-state index < -0.39 is 0 Å². The third-order valence-electron chi connectivity index (χ3n) is 3.69. The van der Waals surface area contributed by atoms with Crippen molar-refractivity contribution in [3.8, 4) is 0 Å². The molecular formula is C14H21NO2. The van der Waals surface area contributed by atoms with Gasteiger partial charge in [0.2, 0.25) is 0 Å². The fourth-order valence-electron chi connectivity index (χ4n) is 2.67. The molecule has 17 heavy (non-hydrogen) atoms. The molecule has 0 radical (unpaired) electrons. The molecule has 0 amide bonds. The number of likely N-dealkylation sites (tertiary alicyclic amines) is 1. The molecule has 0 unspecified atom stereocenters. The first-order valence-corrected chi connectivity index (χ1v) is 6.36. The van der Waals surface area contributed by atoms with E-state index in [9.17, 15) is 10.2 Å². The summed E-state index contributed by atoms with van der Waals surface area (Å²) in [4.78, 5) is 2.26. The molecule has 2 atom stereocenters. The van der Waals surface area contributed by atoms with Gasteiger partial charge in [0.25, 0.3) is 0 Å². The third-order valence-corrected chi connectivity index (χ3v) is 3.69. The first-order chi connectivity index (χ1) is 8.35. The summed E-state index contributed by atoms with van der Waals surface area (Å²) in [5.74, 6) is 0. The molecule has 1 fully saturated rings. The zero-order valence-electron chi connectivity index (χ0n) is 10.1. The first kappa shape index (κ1) is 12.6. The summed E-state index contributed by atoms with van der Waals surface area (Å²) < 4.78 is 0. The van der Waals surface area contributed by atoms with Crippen LogP contribution in [-0.2, 0) is 6.42 Å². The highest BCUT2D eigenvalue weighted by Crippen LogP contribution is 2.23. The van der Waals surface area contributed by atoms with Crippen LogP contribution in [0.3, 0.4) is 0 Å². The lowest BCUT2D eigenvalue weighted by Gasteiger charge is -2.28. The van der Waals surface area contributed by atoms with Crippen molar-refractivity contribution in [2.24, 2.45) is 0 Å². The summed E-state index contributed by atoms with van der Waals surface area (Å²) in [7, 11) is 0. The maximum atomic E-state index is 9.32. The van der Waals surface area contributed by atoms with Gasteiger partial charge in [0, 0.05) is 18.6 Å². The molecule has 3 nitrogen and oxygen atoms in total. The molecule has 2 N–H and O–H groups in total. The first-order valence-electron chi connectivity index (χ1n) is 6.36. The van der Waals surface area contributed by atoms with E-state index in [0.29, 0.717) is 0 Å². The molecule has 0 saturated carbocycles. The van der Waals surface area contributed by atoms with Gasteiger partial charge in [0.1, 0.15) is 0 Å². The average molecular weight is 235 g/mol. The van der Waals surface area contributed by atoms with Gasteiger partial charge in [0.15, 0.2) is 0 Å². The van der Waals surface area contributed by atoms with Crippen LogP contribution in [0.1, 0.15) is 18.4 Å². The Morgan fingerprint density at radius 3 is 2.12 bits per heavy atom. The molecule has 0 aliphatic carbocycles. The van der Waals surface area contributed by atoms with E-state index in [0.717, 1.165) is 25.8 Å². The lowest BCUT2D eigenvalue weighted by atomic mass is 10.1.